The van der Waals surface area contributed by atoms with E-state index in [9.17, 15) is 9.18 Å². The minimum atomic E-state index is -0.363. The first-order chi connectivity index (χ1) is 13.0. The quantitative estimate of drug-likeness (QED) is 0.553. The van der Waals surface area contributed by atoms with Gasteiger partial charge in [0.15, 0.2) is 5.69 Å². The van der Waals surface area contributed by atoms with Crippen LogP contribution in [0, 0.1) is 5.82 Å². The van der Waals surface area contributed by atoms with E-state index < -0.39 is 0 Å². The van der Waals surface area contributed by atoms with E-state index in [1.54, 1.807) is 42.1 Å². The largest absolute Gasteiger partial charge is 0.309 e. The van der Waals surface area contributed by atoms with E-state index >= 15 is 0 Å². The number of benzene rings is 2. The minimum Gasteiger partial charge on any atom is -0.309 e. The molecule has 1 aromatic heterocycles. The lowest BCUT2D eigenvalue weighted by molar-refractivity contribution is 0.0987. The maximum atomic E-state index is 14.3. The van der Waals surface area contributed by atoms with Gasteiger partial charge in [-0.15, -0.1) is 0 Å². The summed E-state index contributed by atoms with van der Waals surface area (Å²) >= 11 is 9.66. The molecule has 1 heterocycles. The molecule has 4 rings (SSSR count). The summed E-state index contributed by atoms with van der Waals surface area (Å²) in [4.78, 5) is 14.6. The maximum absolute atomic E-state index is 14.3. The summed E-state index contributed by atoms with van der Waals surface area (Å²) in [5.74, 6) is -0.620. The summed E-state index contributed by atoms with van der Waals surface area (Å²) in [7, 11) is 1.67. The second-order valence-corrected chi connectivity index (χ2v) is 7.77. The predicted molar refractivity (Wildman–Crippen MR) is 107 cm³/mol. The van der Waals surface area contributed by atoms with Crippen LogP contribution in [0.15, 0.2) is 46.9 Å². The number of nitrogens with zero attached hydrogens (tertiary/aromatic N) is 3. The molecule has 27 heavy (non-hydrogen) atoms. The van der Waals surface area contributed by atoms with Gasteiger partial charge in [-0.1, -0.05) is 39.7 Å². The van der Waals surface area contributed by atoms with Gasteiger partial charge in [0.05, 0.1) is 10.7 Å². The van der Waals surface area contributed by atoms with Crippen molar-refractivity contribution in [2.75, 3.05) is 11.9 Å². The van der Waals surface area contributed by atoms with Crippen molar-refractivity contribution in [1.29, 1.82) is 0 Å². The fourth-order valence-electron chi connectivity index (χ4n) is 3.45. The zero-order valence-corrected chi connectivity index (χ0v) is 16.9. The highest BCUT2D eigenvalue weighted by Gasteiger charge is 2.30. The molecular weight excluding hydrogens is 433 g/mol. The summed E-state index contributed by atoms with van der Waals surface area (Å²) in [6, 6.07) is 11.8. The van der Waals surface area contributed by atoms with Gasteiger partial charge in [-0.3, -0.25) is 4.79 Å². The van der Waals surface area contributed by atoms with Crippen LogP contribution in [0.2, 0.25) is 5.02 Å². The Bertz CT molecular complexity index is 1050. The summed E-state index contributed by atoms with van der Waals surface area (Å²) in [6.07, 6.45) is 2.45. The highest BCUT2D eigenvalue weighted by Crippen LogP contribution is 2.32. The monoisotopic (exact) mass is 447 g/mol. The molecule has 0 bridgehead atoms. The third kappa shape index (κ3) is 3.17. The Balaban J connectivity index is 1.77. The number of halogens is 3. The third-order valence-electron chi connectivity index (χ3n) is 4.79. The van der Waals surface area contributed by atoms with E-state index in [4.69, 9.17) is 11.6 Å². The average Bonchev–Trinajstić information content (AvgIpc) is 3.24. The Labute approximate surface area is 169 Å². The molecule has 0 saturated carbocycles. The van der Waals surface area contributed by atoms with Gasteiger partial charge in [-0.2, -0.15) is 5.10 Å². The van der Waals surface area contributed by atoms with Crippen LogP contribution in [0.1, 0.15) is 28.2 Å². The Morgan fingerprint density at radius 3 is 2.78 bits per heavy atom. The molecule has 1 aliphatic carbocycles. The number of hydrogen-bond acceptors (Lipinski definition) is 2. The van der Waals surface area contributed by atoms with E-state index in [0.29, 0.717) is 22.1 Å². The van der Waals surface area contributed by atoms with Gasteiger partial charge in [0.25, 0.3) is 5.91 Å². The Morgan fingerprint density at radius 2 is 2.04 bits per heavy atom. The van der Waals surface area contributed by atoms with Crippen LogP contribution in [-0.4, -0.2) is 22.7 Å². The van der Waals surface area contributed by atoms with Crippen LogP contribution in [0.3, 0.4) is 0 Å². The van der Waals surface area contributed by atoms with Crippen molar-refractivity contribution >= 4 is 39.1 Å². The minimum absolute atomic E-state index is 0.257. The zero-order valence-electron chi connectivity index (χ0n) is 14.5. The van der Waals surface area contributed by atoms with Gasteiger partial charge in [-0.25, -0.2) is 9.07 Å². The lowest BCUT2D eigenvalue weighted by atomic mass is 10.1. The lowest BCUT2D eigenvalue weighted by Gasteiger charge is -2.18. The van der Waals surface area contributed by atoms with Crippen LogP contribution >= 0.6 is 27.5 Å². The molecule has 1 amide bonds. The maximum Gasteiger partial charge on any atom is 0.278 e. The number of rotatable bonds is 3. The normalized spacial score (nSPS) is 12.9. The summed E-state index contributed by atoms with van der Waals surface area (Å²) in [6.45, 7) is 0. The Kier molecular flexibility index (Phi) is 4.78. The van der Waals surface area contributed by atoms with Crippen molar-refractivity contribution in [2.24, 2.45) is 0 Å². The summed E-state index contributed by atoms with van der Waals surface area (Å²) < 4.78 is 16.7. The smallest absolute Gasteiger partial charge is 0.278 e. The van der Waals surface area contributed by atoms with Gasteiger partial charge >= 0.3 is 0 Å². The molecule has 2 aromatic carbocycles. The van der Waals surface area contributed by atoms with E-state index in [1.807, 2.05) is 6.07 Å². The highest BCUT2D eigenvalue weighted by atomic mass is 79.9. The Hall–Kier alpha value is -2.18. The molecule has 0 N–H and O–H groups in total. The standard InChI is InChI=1S/C20H16BrClFN3O/c1-25(17-10-9-12(21)11-14(17)22)20(27)19-13-5-4-8-16(13)26(24-19)18-7-3-2-6-15(18)23/h2-3,6-7,9-11H,4-5,8H2,1H3. The number of aromatic nitrogens is 2. The number of hydrogen-bond donors (Lipinski definition) is 0. The topological polar surface area (TPSA) is 38.1 Å². The van der Waals surface area contributed by atoms with Crippen molar-refractivity contribution in [3.8, 4) is 5.69 Å². The predicted octanol–water partition coefficient (Wildman–Crippen LogP) is 5.19. The molecule has 7 heteroatoms. The van der Waals surface area contributed by atoms with Crippen molar-refractivity contribution in [2.45, 2.75) is 19.3 Å². The van der Waals surface area contributed by atoms with Crippen LogP contribution in [0.25, 0.3) is 5.69 Å². The van der Waals surface area contributed by atoms with E-state index in [0.717, 1.165) is 35.0 Å². The van der Waals surface area contributed by atoms with Crippen LogP contribution in [0.4, 0.5) is 10.1 Å². The molecule has 0 spiro atoms. The van der Waals surface area contributed by atoms with Gasteiger partial charge in [0, 0.05) is 22.8 Å². The zero-order chi connectivity index (χ0) is 19.1. The second-order valence-electron chi connectivity index (χ2n) is 6.45. The fourth-order valence-corrected chi connectivity index (χ4v) is 4.25. The van der Waals surface area contributed by atoms with Crippen molar-refractivity contribution in [3.05, 3.63) is 74.7 Å². The van der Waals surface area contributed by atoms with Gasteiger partial charge in [-0.05, 0) is 49.6 Å². The number of carbonyl (C=O) groups excluding carboxylic acids is 1. The molecule has 0 radical (unpaired) electrons. The Morgan fingerprint density at radius 1 is 1.26 bits per heavy atom. The van der Waals surface area contributed by atoms with Crippen LogP contribution < -0.4 is 4.90 Å². The first-order valence-corrected chi connectivity index (χ1v) is 9.73. The molecule has 138 valence electrons. The highest BCUT2D eigenvalue weighted by molar-refractivity contribution is 9.10. The number of anilines is 1. The van der Waals surface area contributed by atoms with Gasteiger partial charge < -0.3 is 4.90 Å². The van der Waals surface area contributed by atoms with Crippen LogP contribution in [-0.2, 0) is 12.8 Å². The molecule has 0 fully saturated rings. The molecule has 0 aliphatic heterocycles. The molecule has 1 aliphatic rings. The molecule has 4 nitrogen and oxygen atoms in total. The van der Waals surface area contributed by atoms with Gasteiger partial charge in [0.1, 0.15) is 11.5 Å². The summed E-state index contributed by atoms with van der Waals surface area (Å²) in [5, 5.41) is 4.95. The molecular formula is C20H16BrClFN3O. The van der Waals surface area contributed by atoms with Gasteiger partial charge in [0.2, 0.25) is 0 Å². The fraction of sp³-hybridized carbons (Fsp3) is 0.200. The van der Waals surface area contributed by atoms with E-state index in [-0.39, 0.29) is 11.7 Å². The van der Waals surface area contributed by atoms with Crippen molar-refractivity contribution in [1.82, 2.24) is 9.78 Å². The van der Waals surface area contributed by atoms with Crippen LogP contribution in [0.5, 0.6) is 0 Å². The molecule has 0 unspecified atom stereocenters. The molecule has 0 saturated heterocycles. The average molecular weight is 449 g/mol. The van der Waals surface area contributed by atoms with E-state index in [2.05, 4.69) is 21.0 Å². The first-order valence-electron chi connectivity index (χ1n) is 8.56. The van der Waals surface area contributed by atoms with Crippen molar-refractivity contribution < 1.29 is 9.18 Å². The number of amides is 1. The number of carbonyl (C=O) groups is 1. The number of para-hydroxylation sites is 1. The first kappa shape index (κ1) is 18.2. The SMILES string of the molecule is CN(C(=O)c1nn(-c2ccccc2F)c2c1CCC2)c1ccc(Br)cc1Cl. The number of fused-ring (bicyclic) bond motifs is 1. The third-order valence-corrected chi connectivity index (χ3v) is 5.59. The lowest BCUT2D eigenvalue weighted by Crippen LogP contribution is -2.28. The second kappa shape index (κ2) is 7.09. The molecule has 0 atom stereocenters. The summed E-state index contributed by atoms with van der Waals surface area (Å²) in [5.41, 5.74) is 3.10. The van der Waals surface area contributed by atoms with Crippen molar-refractivity contribution in [3.63, 3.8) is 0 Å². The van der Waals surface area contributed by atoms with E-state index in [1.165, 1.54) is 11.0 Å². The molecule has 3 aromatic rings.